The molecule has 7 heteroatoms. The summed E-state index contributed by atoms with van der Waals surface area (Å²) in [5, 5.41) is 10.3. The molecule has 0 saturated carbocycles. The Labute approximate surface area is 99.4 Å². The zero-order valence-corrected chi connectivity index (χ0v) is 10.1. The van der Waals surface area contributed by atoms with Gasteiger partial charge in [0, 0.05) is 25.0 Å². The molecule has 0 aliphatic heterocycles. The first kappa shape index (κ1) is 13.1. The first-order valence-electron chi connectivity index (χ1n) is 5.45. The molecule has 0 aromatic carbocycles. The minimum atomic E-state index is -0.128. The lowest BCUT2D eigenvalue weighted by Crippen LogP contribution is -2.26. The topological polar surface area (TPSA) is 95.7 Å². The van der Waals surface area contributed by atoms with E-state index in [1.807, 2.05) is 6.92 Å². The number of aromatic nitrogens is 2. The van der Waals surface area contributed by atoms with Gasteiger partial charge in [-0.15, -0.1) is 0 Å². The Morgan fingerprint density at radius 1 is 1.65 bits per heavy atom. The second kappa shape index (κ2) is 6.55. The van der Waals surface area contributed by atoms with E-state index in [0.29, 0.717) is 18.8 Å². The van der Waals surface area contributed by atoms with Crippen LogP contribution in [0.25, 0.3) is 10.4 Å². The molecule has 0 aliphatic carbocycles. The lowest BCUT2D eigenvalue weighted by Gasteiger charge is -2.04. The maximum absolute atomic E-state index is 11.7. The van der Waals surface area contributed by atoms with Crippen LogP contribution in [0.15, 0.2) is 11.2 Å². The van der Waals surface area contributed by atoms with E-state index in [0.717, 1.165) is 18.5 Å². The number of carbonyl (C=O) groups is 1. The van der Waals surface area contributed by atoms with E-state index in [2.05, 4.69) is 20.4 Å². The van der Waals surface area contributed by atoms with Gasteiger partial charge in [-0.05, 0) is 31.4 Å². The minimum absolute atomic E-state index is 0.128. The van der Waals surface area contributed by atoms with Crippen LogP contribution in [0.4, 0.5) is 0 Å². The zero-order valence-electron chi connectivity index (χ0n) is 10.1. The second-order valence-corrected chi connectivity index (χ2v) is 3.71. The van der Waals surface area contributed by atoms with Gasteiger partial charge in [-0.1, -0.05) is 5.11 Å². The van der Waals surface area contributed by atoms with E-state index >= 15 is 0 Å². The molecule has 7 nitrogen and oxygen atoms in total. The molecule has 17 heavy (non-hydrogen) atoms. The lowest BCUT2D eigenvalue weighted by atomic mass is 10.3. The number of hydrogen-bond donors (Lipinski definition) is 1. The first-order valence-corrected chi connectivity index (χ1v) is 5.45. The van der Waals surface area contributed by atoms with E-state index in [1.54, 1.807) is 17.8 Å². The monoisotopic (exact) mass is 236 g/mol. The van der Waals surface area contributed by atoms with Crippen molar-refractivity contribution in [3.63, 3.8) is 0 Å². The van der Waals surface area contributed by atoms with Crippen molar-refractivity contribution < 1.29 is 4.79 Å². The van der Waals surface area contributed by atoms with Crippen molar-refractivity contribution in [3.05, 3.63) is 27.9 Å². The molecule has 0 aliphatic rings. The van der Waals surface area contributed by atoms with Crippen LogP contribution in [-0.4, -0.2) is 28.8 Å². The van der Waals surface area contributed by atoms with E-state index in [-0.39, 0.29) is 5.91 Å². The number of hydrogen-bond acceptors (Lipinski definition) is 3. The molecule has 0 unspecified atom stereocenters. The summed E-state index contributed by atoms with van der Waals surface area (Å²) in [7, 11) is 1.74. The smallest absolute Gasteiger partial charge is 0.269 e. The van der Waals surface area contributed by atoms with Crippen molar-refractivity contribution in [3.8, 4) is 0 Å². The van der Waals surface area contributed by atoms with Gasteiger partial charge in [0.1, 0.15) is 5.69 Å². The lowest BCUT2D eigenvalue weighted by molar-refractivity contribution is 0.0943. The fourth-order valence-electron chi connectivity index (χ4n) is 1.47. The van der Waals surface area contributed by atoms with Crippen LogP contribution in [0.3, 0.4) is 0 Å². The number of carbonyl (C=O) groups excluding carboxylic acids is 1. The fourth-order valence-corrected chi connectivity index (χ4v) is 1.47. The third-order valence-corrected chi connectivity index (χ3v) is 2.27. The molecule has 1 heterocycles. The van der Waals surface area contributed by atoms with E-state index in [1.165, 1.54) is 0 Å². The highest BCUT2D eigenvalue weighted by Gasteiger charge is 2.10. The number of rotatable bonds is 6. The van der Waals surface area contributed by atoms with Crippen LogP contribution >= 0.6 is 0 Å². The molecule has 0 atom stereocenters. The zero-order chi connectivity index (χ0) is 12.7. The van der Waals surface area contributed by atoms with Gasteiger partial charge in [0.05, 0.1) is 5.69 Å². The van der Waals surface area contributed by atoms with E-state index in [9.17, 15) is 4.79 Å². The molecule has 1 N–H and O–H groups in total. The van der Waals surface area contributed by atoms with Gasteiger partial charge in [-0.3, -0.25) is 9.48 Å². The summed E-state index contributed by atoms with van der Waals surface area (Å²) in [6.07, 6.45) is 1.57. The van der Waals surface area contributed by atoms with Gasteiger partial charge in [-0.25, -0.2) is 0 Å². The molecule has 1 aromatic rings. The molecule has 0 saturated heterocycles. The van der Waals surface area contributed by atoms with Gasteiger partial charge in [0.2, 0.25) is 0 Å². The highest BCUT2D eigenvalue weighted by atomic mass is 16.2. The summed E-state index contributed by atoms with van der Waals surface area (Å²) in [4.78, 5) is 14.4. The Hall–Kier alpha value is -2.01. The number of azide groups is 1. The summed E-state index contributed by atoms with van der Waals surface area (Å²) >= 11 is 0. The summed E-state index contributed by atoms with van der Waals surface area (Å²) in [6.45, 7) is 2.89. The highest BCUT2D eigenvalue weighted by Crippen LogP contribution is 2.01. The summed E-state index contributed by atoms with van der Waals surface area (Å²) < 4.78 is 1.56. The predicted octanol–water partition coefficient (Wildman–Crippen LogP) is 1.55. The number of nitrogens with one attached hydrogen (secondary N) is 1. The maximum Gasteiger partial charge on any atom is 0.269 e. The SMILES string of the molecule is Cc1cc(C(=O)NCCCCN=[N+]=[N-])n(C)n1. The molecule has 1 rings (SSSR count). The normalized spacial score (nSPS) is 9.76. The van der Waals surface area contributed by atoms with Crippen LogP contribution in [-0.2, 0) is 7.05 Å². The molecule has 1 aromatic heterocycles. The number of unbranched alkanes of at least 4 members (excludes halogenated alkanes) is 1. The summed E-state index contributed by atoms with van der Waals surface area (Å²) in [5.74, 6) is -0.128. The maximum atomic E-state index is 11.7. The fraction of sp³-hybridized carbons (Fsp3) is 0.600. The highest BCUT2D eigenvalue weighted by molar-refractivity contribution is 5.92. The third kappa shape index (κ3) is 4.16. The quantitative estimate of drug-likeness (QED) is 0.351. The van der Waals surface area contributed by atoms with Gasteiger partial charge in [-0.2, -0.15) is 5.10 Å². The average molecular weight is 236 g/mol. The number of nitrogens with zero attached hydrogens (tertiary/aromatic N) is 5. The molecule has 0 fully saturated rings. The summed E-state index contributed by atoms with van der Waals surface area (Å²) in [5.41, 5.74) is 9.45. The predicted molar refractivity (Wildman–Crippen MR) is 63.5 cm³/mol. The van der Waals surface area contributed by atoms with Crippen molar-refractivity contribution in [2.45, 2.75) is 19.8 Å². The van der Waals surface area contributed by atoms with Gasteiger partial charge < -0.3 is 5.32 Å². The number of aryl methyl sites for hydroxylation is 2. The van der Waals surface area contributed by atoms with Crippen molar-refractivity contribution in [1.82, 2.24) is 15.1 Å². The Morgan fingerprint density at radius 2 is 2.41 bits per heavy atom. The number of amides is 1. The van der Waals surface area contributed by atoms with Crippen LogP contribution in [0, 0.1) is 6.92 Å². The Balaban J connectivity index is 2.30. The molecule has 0 bridgehead atoms. The minimum Gasteiger partial charge on any atom is -0.351 e. The van der Waals surface area contributed by atoms with Gasteiger partial charge in [0.15, 0.2) is 0 Å². The van der Waals surface area contributed by atoms with Crippen molar-refractivity contribution in [2.75, 3.05) is 13.1 Å². The Kier molecular flexibility index (Phi) is 5.03. The Bertz CT molecular complexity index is 432. The standard InChI is InChI=1S/C10H16N6O/c1-8-7-9(16(2)14-8)10(17)12-5-3-4-6-13-15-11/h7H,3-6H2,1-2H3,(H,12,17). The molecule has 0 radical (unpaired) electrons. The second-order valence-electron chi connectivity index (χ2n) is 3.71. The van der Waals surface area contributed by atoms with Crippen LogP contribution in [0.1, 0.15) is 29.0 Å². The average Bonchev–Trinajstić information content (AvgIpc) is 2.62. The third-order valence-electron chi connectivity index (χ3n) is 2.27. The van der Waals surface area contributed by atoms with Gasteiger partial charge in [0.25, 0.3) is 5.91 Å². The van der Waals surface area contributed by atoms with Crippen molar-refractivity contribution in [2.24, 2.45) is 12.2 Å². The van der Waals surface area contributed by atoms with Gasteiger partial charge >= 0.3 is 0 Å². The molecule has 1 amide bonds. The molecule has 92 valence electrons. The molecule has 0 spiro atoms. The van der Waals surface area contributed by atoms with Crippen molar-refractivity contribution in [1.29, 1.82) is 0 Å². The Morgan fingerprint density at radius 3 is 3.00 bits per heavy atom. The van der Waals surface area contributed by atoms with E-state index < -0.39 is 0 Å². The molecular formula is C10H16N6O. The summed E-state index contributed by atoms with van der Waals surface area (Å²) in [6, 6.07) is 1.75. The largest absolute Gasteiger partial charge is 0.351 e. The van der Waals surface area contributed by atoms with Crippen molar-refractivity contribution >= 4 is 5.91 Å². The van der Waals surface area contributed by atoms with Crippen LogP contribution < -0.4 is 5.32 Å². The van der Waals surface area contributed by atoms with E-state index in [4.69, 9.17) is 5.53 Å². The first-order chi connectivity index (χ1) is 8.15. The van der Waals surface area contributed by atoms with Crippen LogP contribution in [0.2, 0.25) is 0 Å². The molecular weight excluding hydrogens is 220 g/mol. The van der Waals surface area contributed by atoms with Crippen LogP contribution in [0.5, 0.6) is 0 Å².